The van der Waals surface area contributed by atoms with E-state index in [1.165, 1.54) is 14.1 Å². The van der Waals surface area contributed by atoms with Gasteiger partial charge in [0.1, 0.15) is 17.0 Å². The number of allylic oxidation sites excluding steroid dienone is 3. The van der Waals surface area contributed by atoms with Crippen molar-refractivity contribution in [2.24, 2.45) is 0 Å². The van der Waals surface area contributed by atoms with Gasteiger partial charge in [-0.15, -0.1) is 11.8 Å². The minimum atomic E-state index is -5.00. The van der Waals surface area contributed by atoms with E-state index in [1.807, 2.05) is 0 Å². The molecule has 12 nitrogen and oxygen atoms in total. The average molecular weight is 556 g/mol. The van der Waals surface area contributed by atoms with E-state index in [-0.39, 0.29) is 10.1 Å². The molecule has 1 saturated heterocycles. The highest BCUT2D eigenvalue weighted by molar-refractivity contribution is 8.01. The average Bonchev–Trinajstić information content (AvgIpc) is 3.36. The number of carboxylic acids is 1. The summed E-state index contributed by atoms with van der Waals surface area (Å²) in [5.41, 5.74) is -0.698. The predicted molar refractivity (Wildman–Crippen MR) is 127 cm³/mol. The van der Waals surface area contributed by atoms with Crippen molar-refractivity contribution in [3.8, 4) is 0 Å². The van der Waals surface area contributed by atoms with Gasteiger partial charge in [0, 0.05) is 26.4 Å². The lowest BCUT2D eigenvalue weighted by Crippen LogP contribution is -2.57. The Morgan fingerprint density at radius 3 is 2.32 bits per heavy atom. The number of amides is 2. The van der Waals surface area contributed by atoms with E-state index in [1.54, 1.807) is 0 Å². The van der Waals surface area contributed by atoms with Gasteiger partial charge < -0.3 is 14.7 Å². The number of hydrogen-bond donors (Lipinski definition) is 2. The summed E-state index contributed by atoms with van der Waals surface area (Å²) in [5.74, 6) is -6.15. The number of ether oxygens (including phenoxy) is 1. The maximum atomic E-state index is 13.4. The molecular formula is C22H22FN3O9S2. The van der Waals surface area contributed by atoms with Crippen molar-refractivity contribution < 1.29 is 46.6 Å². The fraction of sp³-hybridized carbons (Fsp3) is 0.318. The summed E-state index contributed by atoms with van der Waals surface area (Å²) in [6.45, 7) is 0.320. The minimum Gasteiger partial charge on any atom is -0.479 e. The standard InChI is InChI=1S/C22H22FN3O9S2/c1-25(2)22(32)35-13-5-8-15(16(27)11-13)18(28)17(21(30)31)26(20(29)19-24-9-10-36-19)37(33,34)14-6-3-12(23)4-7-14/h3-8,17,19,24H,9-11H2,1-2H3,(H,30,31)/t17-,19-/m0/s1. The number of aliphatic carboxylic acids is 1. The van der Waals surface area contributed by atoms with E-state index < -0.39 is 73.7 Å². The third kappa shape index (κ3) is 6.06. The lowest BCUT2D eigenvalue weighted by atomic mass is 9.94. The van der Waals surface area contributed by atoms with Gasteiger partial charge in [0.25, 0.3) is 15.9 Å². The van der Waals surface area contributed by atoms with E-state index in [0.29, 0.717) is 12.3 Å². The second kappa shape index (κ2) is 11.2. The maximum absolute atomic E-state index is 13.4. The van der Waals surface area contributed by atoms with Crippen LogP contribution in [0.4, 0.5) is 9.18 Å². The molecule has 1 aliphatic carbocycles. The first-order valence-electron chi connectivity index (χ1n) is 10.6. The van der Waals surface area contributed by atoms with Crippen molar-refractivity contribution in [1.82, 2.24) is 14.5 Å². The van der Waals surface area contributed by atoms with Crippen LogP contribution in [0.15, 0.2) is 52.6 Å². The Morgan fingerprint density at radius 1 is 1.16 bits per heavy atom. The van der Waals surface area contributed by atoms with Crippen LogP contribution in [0.2, 0.25) is 0 Å². The monoisotopic (exact) mass is 555 g/mol. The number of rotatable bonds is 8. The normalized spacial score (nSPS) is 18.4. The molecule has 2 atom stereocenters. The Bertz CT molecular complexity index is 1300. The molecule has 1 aliphatic heterocycles. The summed E-state index contributed by atoms with van der Waals surface area (Å²) in [4.78, 5) is 63.8. The zero-order valence-electron chi connectivity index (χ0n) is 19.5. The van der Waals surface area contributed by atoms with Crippen molar-refractivity contribution in [2.75, 3.05) is 26.4 Å². The summed E-state index contributed by atoms with van der Waals surface area (Å²) in [5, 5.41) is 11.5. The lowest BCUT2D eigenvalue weighted by Gasteiger charge is -2.30. The summed E-state index contributed by atoms with van der Waals surface area (Å²) in [6, 6.07) is 0.597. The van der Waals surface area contributed by atoms with Crippen LogP contribution in [0.1, 0.15) is 6.42 Å². The third-order valence-corrected chi connectivity index (χ3v) is 8.08. The number of nitrogens with one attached hydrogen (secondary N) is 1. The fourth-order valence-electron chi connectivity index (χ4n) is 3.35. The minimum absolute atomic E-state index is 0.0830. The molecule has 1 aromatic rings. The molecule has 3 rings (SSSR count). The zero-order chi connectivity index (χ0) is 27.5. The number of benzene rings is 1. The Labute approximate surface area is 215 Å². The van der Waals surface area contributed by atoms with Gasteiger partial charge in [-0.05, 0) is 36.4 Å². The first kappa shape index (κ1) is 28.0. The van der Waals surface area contributed by atoms with E-state index in [9.17, 15) is 41.9 Å². The maximum Gasteiger partial charge on any atom is 0.414 e. The number of ketones is 2. The number of carboxylic acid groups (broad SMARTS) is 1. The molecule has 2 aliphatic rings. The van der Waals surface area contributed by atoms with Crippen LogP contribution in [-0.2, 0) is 33.9 Å². The first-order valence-corrected chi connectivity index (χ1v) is 13.1. The molecular weight excluding hydrogens is 533 g/mol. The fourth-order valence-corrected chi connectivity index (χ4v) is 5.89. The van der Waals surface area contributed by atoms with E-state index in [4.69, 9.17) is 4.74 Å². The van der Waals surface area contributed by atoms with Gasteiger partial charge in [-0.3, -0.25) is 19.7 Å². The molecule has 198 valence electrons. The Balaban J connectivity index is 2.06. The van der Waals surface area contributed by atoms with Gasteiger partial charge in [-0.2, -0.15) is 0 Å². The number of carbonyl (C=O) groups excluding carboxylic acids is 4. The van der Waals surface area contributed by atoms with E-state index in [2.05, 4.69) is 5.32 Å². The molecule has 0 radical (unpaired) electrons. The topological polar surface area (TPSA) is 167 Å². The molecule has 1 aromatic carbocycles. The third-order valence-electron chi connectivity index (χ3n) is 5.17. The number of nitrogens with zero attached hydrogens (tertiary/aromatic N) is 2. The van der Waals surface area contributed by atoms with E-state index >= 15 is 0 Å². The van der Waals surface area contributed by atoms with Crippen molar-refractivity contribution in [3.05, 3.63) is 53.6 Å². The van der Waals surface area contributed by atoms with Crippen LogP contribution in [0, 0.1) is 5.82 Å². The summed E-state index contributed by atoms with van der Waals surface area (Å²) in [6.07, 6.45) is 0.624. The molecule has 1 fully saturated rings. The molecule has 37 heavy (non-hydrogen) atoms. The van der Waals surface area contributed by atoms with Crippen LogP contribution in [0.5, 0.6) is 0 Å². The first-order chi connectivity index (χ1) is 17.3. The van der Waals surface area contributed by atoms with Crippen LogP contribution in [-0.4, -0.2) is 90.1 Å². The second-order valence-electron chi connectivity index (χ2n) is 7.98. The summed E-state index contributed by atoms with van der Waals surface area (Å²) in [7, 11) is -2.20. The molecule has 0 bridgehead atoms. The lowest BCUT2D eigenvalue weighted by molar-refractivity contribution is -0.149. The Kier molecular flexibility index (Phi) is 8.50. The quantitative estimate of drug-likeness (QED) is 0.339. The number of thioether (sulfide) groups is 1. The molecule has 15 heteroatoms. The number of carbonyl (C=O) groups is 5. The van der Waals surface area contributed by atoms with Crippen LogP contribution in [0.25, 0.3) is 0 Å². The van der Waals surface area contributed by atoms with Gasteiger partial charge >= 0.3 is 12.1 Å². The molecule has 0 spiro atoms. The van der Waals surface area contributed by atoms with Crippen LogP contribution < -0.4 is 5.32 Å². The zero-order valence-corrected chi connectivity index (χ0v) is 21.2. The van der Waals surface area contributed by atoms with Crippen molar-refractivity contribution in [3.63, 3.8) is 0 Å². The van der Waals surface area contributed by atoms with E-state index in [0.717, 1.165) is 53.1 Å². The van der Waals surface area contributed by atoms with Gasteiger partial charge in [0.2, 0.25) is 11.8 Å². The highest BCUT2D eigenvalue weighted by Crippen LogP contribution is 2.27. The van der Waals surface area contributed by atoms with Crippen molar-refractivity contribution in [1.29, 1.82) is 0 Å². The summed E-state index contributed by atoms with van der Waals surface area (Å²) < 4.78 is 45.2. The predicted octanol–water partition coefficient (Wildman–Crippen LogP) is 0.509. The molecule has 2 N–H and O–H groups in total. The van der Waals surface area contributed by atoms with Crippen molar-refractivity contribution in [2.45, 2.75) is 22.7 Å². The van der Waals surface area contributed by atoms with Crippen LogP contribution >= 0.6 is 11.8 Å². The Morgan fingerprint density at radius 2 is 1.81 bits per heavy atom. The van der Waals surface area contributed by atoms with Crippen molar-refractivity contribution >= 4 is 51.3 Å². The molecule has 0 aromatic heterocycles. The number of hydrogen-bond acceptors (Lipinski definition) is 10. The highest BCUT2D eigenvalue weighted by Gasteiger charge is 2.48. The SMILES string of the molecule is CN(C)C(=O)OC1=CC=C(C(=O)[C@@H](C(=O)O)N(C(=O)[C@H]2NCCS2)S(=O)(=O)c2ccc(F)cc2)C(=O)C1. The highest BCUT2D eigenvalue weighted by atomic mass is 32.2. The number of sulfonamides is 1. The second-order valence-corrected chi connectivity index (χ2v) is 11.0. The van der Waals surface area contributed by atoms with Gasteiger partial charge in [0.05, 0.1) is 16.9 Å². The van der Waals surface area contributed by atoms with Gasteiger partial charge in [-0.1, -0.05) is 0 Å². The summed E-state index contributed by atoms with van der Waals surface area (Å²) >= 11 is 1.00. The largest absolute Gasteiger partial charge is 0.479 e. The molecule has 0 saturated carbocycles. The van der Waals surface area contributed by atoms with Crippen LogP contribution in [0.3, 0.4) is 0 Å². The number of halogens is 1. The van der Waals surface area contributed by atoms with Gasteiger partial charge in [-0.25, -0.2) is 26.7 Å². The van der Waals surface area contributed by atoms with Gasteiger partial charge in [0.15, 0.2) is 5.78 Å². The molecule has 0 unspecified atom stereocenters. The number of Topliss-reactive ketones (excluding diaryl/α,β-unsaturated/α-hetero) is 2. The molecule has 1 heterocycles. The smallest absolute Gasteiger partial charge is 0.414 e. The Hall–Kier alpha value is -3.56. The molecule has 2 amide bonds.